The maximum atomic E-state index is 13.1. The van der Waals surface area contributed by atoms with Crippen molar-refractivity contribution in [2.45, 2.75) is 37.5 Å². The van der Waals surface area contributed by atoms with E-state index >= 15 is 0 Å². The first-order valence-corrected chi connectivity index (χ1v) is 10.6. The normalized spacial score (nSPS) is 14.5. The van der Waals surface area contributed by atoms with E-state index in [0.29, 0.717) is 18.0 Å². The van der Waals surface area contributed by atoms with Crippen molar-refractivity contribution in [2.75, 3.05) is 25.5 Å². The van der Waals surface area contributed by atoms with Crippen LogP contribution in [0.15, 0.2) is 47.4 Å². The second-order valence-electron chi connectivity index (χ2n) is 7.42. The Bertz CT molecular complexity index is 965. The van der Waals surface area contributed by atoms with Gasteiger partial charge in [-0.1, -0.05) is 32.0 Å². The van der Waals surface area contributed by atoms with Gasteiger partial charge in [-0.3, -0.25) is 4.79 Å². The number of carbonyl (C=O) groups is 1. The second kappa shape index (κ2) is 7.44. The van der Waals surface area contributed by atoms with Gasteiger partial charge in [-0.2, -0.15) is 0 Å². The summed E-state index contributed by atoms with van der Waals surface area (Å²) in [5, 5.41) is 0. The summed E-state index contributed by atoms with van der Waals surface area (Å²) in [7, 11) is -0.610. The zero-order chi connectivity index (χ0) is 19.8. The van der Waals surface area contributed by atoms with Gasteiger partial charge < -0.3 is 4.90 Å². The van der Waals surface area contributed by atoms with Crippen LogP contribution in [0.5, 0.6) is 0 Å². The van der Waals surface area contributed by atoms with E-state index < -0.39 is 10.0 Å². The molecule has 6 heteroatoms. The molecule has 5 nitrogen and oxygen atoms in total. The number of amides is 1. The van der Waals surface area contributed by atoms with Crippen molar-refractivity contribution in [2.24, 2.45) is 0 Å². The number of fused-ring (bicyclic) bond motifs is 1. The van der Waals surface area contributed by atoms with Crippen molar-refractivity contribution < 1.29 is 13.2 Å². The fourth-order valence-electron chi connectivity index (χ4n) is 3.34. The monoisotopic (exact) mass is 386 g/mol. The number of hydrogen-bond acceptors (Lipinski definition) is 3. The summed E-state index contributed by atoms with van der Waals surface area (Å²) in [5.74, 6) is 0.276. The Hall–Kier alpha value is -2.18. The molecule has 1 amide bonds. The Balaban J connectivity index is 1.97. The lowest BCUT2D eigenvalue weighted by atomic mass is 9.94. The zero-order valence-corrected chi connectivity index (χ0v) is 17.1. The van der Waals surface area contributed by atoms with Crippen LogP contribution in [0, 0.1) is 0 Å². The van der Waals surface area contributed by atoms with Crippen molar-refractivity contribution in [3.05, 3.63) is 59.2 Å². The molecule has 1 heterocycles. The van der Waals surface area contributed by atoms with Gasteiger partial charge in [-0.25, -0.2) is 12.7 Å². The fourth-order valence-corrected chi connectivity index (χ4v) is 4.29. The second-order valence-corrected chi connectivity index (χ2v) is 9.57. The van der Waals surface area contributed by atoms with Crippen LogP contribution in [0.1, 0.15) is 47.7 Å². The molecule has 0 fully saturated rings. The highest BCUT2D eigenvalue weighted by Crippen LogP contribution is 2.31. The number of benzene rings is 2. The molecule has 0 aliphatic carbocycles. The number of sulfonamides is 1. The van der Waals surface area contributed by atoms with Crippen LogP contribution in [0.3, 0.4) is 0 Å². The molecule has 0 radical (unpaired) electrons. The van der Waals surface area contributed by atoms with Gasteiger partial charge in [0.15, 0.2) is 0 Å². The first kappa shape index (κ1) is 19.6. The molecule has 0 N–H and O–H groups in total. The molecule has 27 heavy (non-hydrogen) atoms. The van der Waals surface area contributed by atoms with E-state index in [1.54, 1.807) is 17.0 Å². The standard InChI is InChI=1S/C21H26N2O3S/c1-15(2)16-10-11-20-17(13-16)8-6-12-23(20)21(24)18-7-5-9-19(14-18)27(25,26)22(3)4/h5,7,9-11,13-15H,6,8,12H2,1-4H3. The van der Waals surface area contributed by atoms with Gasteiger partial charge in [0.25, 0.3) is 5.91 Å². The van der Waals surface area contributed by atoms with E-state index in [4.69, 9.17) is 0 Å². The molecular formula is C21H26N2O3S. The van der Waals surface area contributed by atoms with Gasteiger partial charge in [0.05, 0.1) is 4.90 Å². The third-order valence-corrected chi connectivity index (χ3v) is 6.80. The SMILES string of the molecule is CC(C)c1ccc2c(c1)CCCN2C(=O)c1cccc(S(=O)(=O)N(C)C)c1. The molecule has 0 bridgehead atoms. The van der Waals surface area contributed by atoms with E-state index in [0.717, 1.165) is 22.8 Å². The largest absolute Gasteiger partial charge is 0.308 e. The summed E-state index contributed by atoms with van der Waals surface area (Å²) >= 11 is 0. The molecule has 0 atom stereocenters. The number of hydrogen-bond donors (Lipinski definition) is 0. The van der Waals surface area contributed by atoms with E-state index in [1.807, 2.05) is 6.07 Å². The lowest BCUT2D eigenvalue weighted by Gasteiger charge is -2.30. The summed E-state index contributed by atoms with van der Waals surface area (Å²) in [4.78, 5) is 15.0. The summed E-state index contributed by atoms with van der Waals surface area (Å²) < 4.78 is 25.9. The number of nitrogens with zero attached hydrogens (tertiary/aromatic N) is 2. The highest BCUT2D eigenvalue weighted by molar-refractivity contribution is 7.89. The lowest BCUT2D eigenvalue weighted by Crippen LogP contribution is -2.35. The van der Waals surface area contributed by atoms with Gasteiger partial charge in [-0.05, 0) is 54.2 Å². The Labute approximate surface area is 161 Å². The van der Waals surface area contributed by atoms with Crippen LogP contribution >= 0.6 is 0 Å². The van der Waals surface area contributed by atoms with Crippen molar-refractivity contribution in [3.63, 3.8) is 0 Å². The van der Waals surface area contributed by atoms with Gasteiger partial charge in [-0.15, -0.1) is 0 Å². The number of anilines is 1. The fraction of sp³-hybridized carbons (Fsp3) is 0.381. The summed E-state index contributed by atoms with van der Waals surface area (Å²) in [6.45, 7) is 4.95. The van der Waals surface area contributed by atoms with Crippen LogP contribution in [0.25, 0.3) is 0 Å². The van der Waals surface area contributed by atoms with E-state index in [1.165, 1.54) is 37.4 Å². The molecule has 0 saturated heterocycles. The Kier molecular flexibility index (Phi) is 5.40. The van der Waals surface area contributed by atoms with E-state index in [-0.39, 0.29) is 10.8 Å². The molecule has 3 rings (SSSR count). The highest BCUT2D eigenvalue weighted by atomic mass is 32.2. The molecular weight excluding hydrogens is 360 g/mol. The van der Waals surface area contributed by atoms with Crippen LogP contribution in [0.4, 0.5) is 5.69 Å². The maximum Gasteiger partial charge on any atom is 0.258 e. The average Bonchev–Trinajstić information content (AvgIpc) is 2.66. The first-order chi connectivity index (χ1) is 12.7. The third kappa shape index (κ3) is 3.77. The topological polar surface area (TPSA) is 57.7 Å². The molecule has 144 valence electrons. The van der Waals surface area contributed by atoms with Crippen molar-refractivity contribution in [3.8, 4) is 0 Å². The molecule has 1 aliphatic rings. The number of carbonyl (C=O) groups excluding carboxylic acids is 1. The van der Waals surface area contributed by atoms with E-state index in [2.05, 4.69) is 26.0 Å². The molecule has 2 aromatic rings. The molecule has 0 saturated carbocycles. The first-order valence-electron chi connectivity index (χ1n) is 9.19. The zero-order valence-electron chi connectivity index (χ0n) is 16.3. The van der Waals surface area contributed by atoms with Crippen molar-refractivity contribution >= 4 is 21.6 Å². The minimum atomic E-state index is -3.58. The minimum absolute atomic E-state index is 0.130. The molecule has 0 unspecified atom stereocenters. The van der Waals surface area contributed by atoms with Crippen LogP contribution in [0.2, 0.25) is 0 Å². The number of aryl methyl sites for hydroxylation is 1. The minimum Gasteiger partial charge on any atom is -0.308 e. The summed E-state index contributed by atoms with van der Waals surface area (Å²) in [6, 6.07) is 12.6. The quantitative estimate of drug-likeness (QED) is 0.806. The highest BCUT2D eigenvalue weighted by Gasteiger charge is 2.25. The molecule has 2 aromatic carbocycles. The van der Waals surface area contributed by atoms with Crippen molar-refractivity contribution in [1.82, 2.24) is 4.31 Å². The molecule has 0 spiro atoms. The Morgan fingerprint density at radius 3 is 2.52 bits per heavy atom. The lowest BCUT2D eigenvalue weighted by molar-refractivity contribution is 0.0985. The smallest absolute Gasteiger partial charge is 0.258 e. The number of rotatable bonds is 4. The van der Waals surface area contributed by atoms with Gasteiger partial charge in [0, 0.05) is 31.9 Å². The van der Waals surface area contributed by atoms with Crippen LogP contribution in [-0.2, 0) is 16.4 Å². The summed E-state index contributed by atoms with van der Waals surface area (Å²) in [6.07, 6.45) is 1.85. The van der Waals surface area contributed by atoms with Gasteiger partial charge in [0.2, 0.25) is 10.0 Å². The Morgan fingerprint density at radius 1 is 1.11 bits per heavy atom. The third-order valence-electron chi connectivity index (χ3n) is 4.99. The average molecular weight is 387 g/mol. The van der Waals surface area contributed by atoms with Crippen LogP contribution in [-0.4, -0.2) is 39.3 Å². The maximum absolute atomic E-state index is 13.1. The van der Waals surface area contributed by atoms with Gasteiger partial charge in [0.1, 0.15) is 0 Å². The predicted octanol–water partition coefficient (Wildman–Crippen LogP) is 3.65. The predicted molar refractivity (Wildman–Crippen MR) is 108 cm³/mol. The van der Waals surface area contributed by atoms with Crippen molar-refractivity contribution in [1.29, 1.82) is 0 Å². The van der Waals surface area contributed by atoms with Crippen LogP contribution < -0.4 is 4.90 Å². The van der Waals surface area contributed by atoms with Gasteiger partial charge >= 0.3 is 0 Å². The summed E-state index contributed by atoms with van der Waals surface area (Å²) in [5.41, 5.74) is 3.76. The molecule has 0 aromatic heterocycles. The van der Waals surface area contributed by atoms with E-state index in [9.17, 15) is 13.2 Å². The molecule has 1 aliphatic heterocycles. The Morgan fingerprint density at radius 2 is 1.85 bits per heavy atom.